The summed E-state index contributed by atoms with van der Waals surface area (Å²) in [6.07, 6.45) is 5.19. The van der Waals surface area contributed by atoms with Crippen molar-refractivity contribution in [2.45, 2.75) is 18.9 Å². The van der Waals surface area contributed by atoms with Crippen LogP contribution in [0.25, 0.3) is 0 Å². The van der Waals surface area contributed by atoms with E-state index in [1.165, 1.54) is 0 Å². The molecule has 1 fully saturated rings. The van der Waals surface area contributed by atoms with Crippen molar-refractivity contribution in [3.8, 4) is 0 Å². The van der Waals surface area contributed by atoms with Gasteiger partial charge in [0.05, 0.1) is 12.6 Å². The molecule has 5 nitrogen and oxygen atoms in total. The van der Waals surface area contributed by atoms with Crippen LogP contribution in [0.3, 0.4) is 0 Å². The predicted molar refractivity (Wildman–Crippen MR) is 80.3 cm³/mol. The Kier molecular flexibility index (Phi) is 6.45. The molecule has 0 spiro atoms. The zero-order valence-corrected chi connectivity index (χ0v) is 12.5. The minimum absolute atomic E-state index is 0.0169. The lowest BCUT2D eigenvalue weighted by Crippen LogP contribution is -2.47. The zero-order valence-electron chi connectivity index (χ0n) is 12.5. The summed E-state index contributed by atoms with van der Waals surface area (Å²) in [4.78, 5) is 29.6. The molecule has 1 aliphatic rings. The summed E-state index contributed by atoms with van der Waals surface area (Å²) in [6.45, 7) is 9.41. The summed E-state index contributed by atoms with van der Waals surface area (Å²) in [7, 11) is 3.50. The number of nitrogens with zero attached hydrogens (tertiary/aromatic N) is 3. The van der Waals surface area contributed by atoms with Gasteiger partial charge in [0, 0.05) is 27.2 Å². The van der Waals surface area contributed by atoms with Crippen LogP contribution in [0.4, 0.5) is 0 Å². The maximum atomic E-state index is 12.3. The molecule has 1 atom stereocenters. The van der Waals surface area contributed by atoms with Gasteiger partial charge in [-0.2, -0.15) is 0 Å². The third-order valence-corrected chi connectivity index (χ3v) is 3.48. The number of likely N-dealkylation sites (tertiary alicyclic amines) is 1. The van der Waals surface area contributed by atoms with Crippen LogP contribution in [0, 0.1) is 0 Å². The van der Waals surface area contributed by atoms with Crippen LogP contribution in [0.2, 0.25) is 0 Å². The molecule has 0 N–H and O–H groups in total. The van der Waals surface area contributed by atoms with Crippen molar-refractivity contribution in [3.05, 3.63) is 25.3 Å². The average Bonchev–Trinajstić information content (AvgIpc) is 2.85. The van der Waals surface area contributed by atoms with E-state index < -0.39 is 0 Å². The van der Waals surface area contributed by atoms with E-state index >= 15 is 0 Å². The molecular weight excluding hydrogens is 254 g/mol. The fourth-order valence-electron chi connectivity index (χ4n) is 2.46. The van der Waals surface area contributed by atoms with Crippen LogP contribution >= 0.6 is 0 Å². The highest BCUT2D eigenvalue weighted by Crippen LogP contribution is 2.18. The molecule has 112 valence electrons. The van der Waals surface area contributed by atoms with Crippen molar-refractivity contribution >= 4 is 11.8 Å². The fourth-order valence-corrected chi connectivity index (χ4v) is 2.46. The summed E-state index contributed by atoms with van der Waals surface area (Å²) < 4.78 is 0. The van der Waals surface area contributed by atoms with E-state index in [0.29, 0.717) is 13.1 Å². The van der Waals surface area contributed by atoms with Crippen molar-refractivity contribution < 1.29 is 9.59 Å². The van der Waals surface area contributed by atoms with E-state index in [9.17, 15) is 9.59 Å². The standard InChI is InChI=1S/C15H25N3O2/c1-5-9-17(10-6-2)14(19)12-18-11-7-8-13(18)15(20)16(3)4/h5-6,13H,1-2,7-12H2,3-4H3/t13-/m0/s1. The smallest absolute Gasteiger partial charge is 0.239 e. The maximum absolute atomic E-state index is 12.3. The molecule has 5 heteroatoms. The molecule has 0 aromatic rings. The van der Waals surface area contributed by atoms with Crippen molar-refractivity contribution in [2.75, 3.05) is 40.3 Å². The van der Waals surface area contributed by atoms with Gasteiger partial charge in [-0.15, -0.1) is 13.2 Å². The second-order valence-electron chi connectivity index (χ2n) is 5.24. The highest BCUT2D eigenvalue weighted by molar-refractivity contribution is 5.84. The second kappa shape index (κ2) is 7.85. The number of carbonyl (C=O) groups is 2. The Morgan fingerprint density at radius 1 is 1.25 bits per heavy atom. The van der Waals surface area contributed by atoms with E-state index in [2.05, 4.69) is 13.2 Å². The third-order valence-electron chi connectivity index (χ3n) is 3.48. The van der Waals surface area contributed by atoms with Crippen LogP contribution in [0.5, 0.6) is 0 Å². The van der Waals surface area contributed by atoms with Crippen LogP contribution in [0.15, 0.2) is 25.3 Å². The Morgan fingerprint density at radius 3 is 2.35 bits per heavy atom. The number of rotatable bonds is 7. The van der Waals surface area contributed by atoms with E-state index in [4.69, 9.17) is 0 Å². The lowest BCUT2D eigenvalue weighted by Gasteiger charge is -2.28. The SMILES string of the molecule is C=CCN(CC=C)C(=O)CN1CCC[C@H]1C(=O)N(C)C. The Hall–Kier alpha value is -1.62. The molecule has 20 heavy (non-hydrogen) atoms. The minimum atomic E-state index is -0.164. The van der Waals surface area contributed by atoms with Crippen LogP contribution in [-0.4, -0.2) is 72.8 Å². The van der Waals surface area contributed by atoms with Gasteiger partial charge < -0.3 is 9.80 Å². The van der Waals surface area contributed by atoms with Gasteiger partial charge in [-0.05, 0) is 19.4 Å². The number of carbonyl (C=O) groups excluding carboxylic acids is 2. The molecule has 1 saturated heterocycles. The Balaban J connectivity index is 2.65. The summed E-state index contributed by atoms with van der Waals surface area (Å²) in [5.74, 6) is 0.0950. The first-order valence-corrected chi connectivity index (χ1v) is 6.96. The first kappa shape index (κ1) is 16.4. The molecule has 1 aliphatic heterocycles. The molecule has 0 radical (unpaired) electrons. The monoisotopic (exact) mass is 279 g/mol. The second-order valence-corrected chi connectivity index (χ2v) is 5.24. The molecular formula is C15H25N3O2. The van der Waals surface area contributed by atoms with Gasteiger partial charge in [0.25, 0.3) is 0 Å². The number of amides is 2. The van der Waals surface area contributed by atoms with Crippen molar-refractivity contribution in [1.82, 2.24) is 14.7 Å². The summed E-state index contributed by atoms with van der Waals surface area (Å²) >= 11 is 0. The summed E-state index contributed by atoms with van der Waals surface area (Å²) in [6, 6.07) is -0.164. The number of hydrogen-bond donors (Lipinski definition) is 0. The van der Waals surface area contributed by atoms with Gasteiger partial charge in [-0.3, -0.25) is 14.5 Å². The Morgan fingerprint density at radius 2 is 1.85 bits per heavy atom. The maximum Gasteiger partial charge on any atom is 0.239 e. The Labute approximate surface area is 121 Å². The minimum Gasteiger partial charge on any atom is -0.347 e. The predicted octanol–water partition coefficient (Wildman–Crippen LogP) is 0.740. The number of likely N-dealkylation sites (N-methyl/N-ethyl adjacent to an activating group) is 1. The van der Waals surface area contributed by atoms with Crippen molar-refractivity contribution in [2.24, 2.45) is 0 Å². The quantitative estimate of drug-likeness (QED) is 0.646. The van der Waals surface area contributed by atoms with Gasteiger partial charge in [-0.25, -0.2) is 0 Å². The van der Waals surface area contributed by atoms with Crippen LogP contribution in [0.1, 0.15) is 12.8 Å². The van der Waals surface area contributed by atoms with Gasteiger partial charge in [0.2, 0.25) is 11.8 Å². The summed E-state index contributed by atoms with van der Waals surface area (Å²) in [5.41, 5.74) is 0. The third kappa shape index (κ3) is 4.20. The van der Waals surface area contributed by atoms with E-state index in [1.54, 1.807) is 36.0 Å². The lowest BCUT2D eigenvalue weighted by atomic mass is 10.2. The van der Waals surface area contributed by atoms with E-state index in [0.717, 1.165) is 19.4 Å². The topological polar surface area (TPSA) is 43.9 Å². The molecule has 2 amide bonds. The summed E-state index contributed by atoms with van der Waals surface area (Å²) in [5, 5.41) is 0. The molecule has 0 aliphatic carbocycles. The van der Waals surface area contributed by atoms with Crippen molar-refractivity contribution in [1.29, 1.82) is 0 Å². The largest absolute Gasteiger partial charge is 0.347 e. The fraction of sp³-hybridized carbons (Fsp3) is 0.600. The lowest BCUT2D eigenvalue weighted by molar-refractivity contribution is -0.136. The normalized spacial score (nSPS) is 18.6. The molecule has 0 unspecified atom stereocenters. The zero-order chi connectivity index (χ0) is 15.1. The molecule has 0 aromatic heterocycles. The van der Waals surface area contributed by atoms with E-state index in [-0.39, 0.29) is 24.4 Å². The van der Waals surface area contributed by atoms with Crippen LogP contribution in [-0.2, 0) is 9.59 Å². The van der Waals surface area contributed by atoms with Gasteiger partial charge in [-0.1, -0.05) is 12.2 Å². The van der Waals surface area contributed by atoms with E-state index in [1.807, 2.05) is 4.90 Å². The molecule has 0 bridgehead atoms. The molecule has 1 rings (SSSR count). The highest BCUT2D eigenvalue weighted by Gasteiger charge is 2.33. The van der Waals surface area contributed by atoms with Crippen LogP contribution < -0.4 is 0 Å². The average molecular weight is 279 g/mol. The molecule has 0 saturated carbocycles. The highest BCUT2D eigenvalue weighted by atomic mass is 16.2. The number of hydrogen-bond acceptors (Lipinski definition) is 3. The Bertz CT molecular complexity index is 369. The van der Waals surface area contributed by atoms with Gasteiger partial charge >= 0.3 is 0 Å². The van der Waals surface area contributed by atoms with Crippen molar-refractivity contribution in [3.63, 3.8) is 0 Å². The molecule has 1 heterocycles. The first-order chi connectivity index (χ1) is 9.51. The molecule has 0 aromatic carbocycles. The van der Waals surface area contributed by atoms with Gasteiger partial charge in [0.1, 0.15) is 0 Å². The van der Waals surface area contributed by atoms with Gasteiger partial charge in [0.15, 0.2) is 0 Å². The first-order valence-electron chi connectivity index (χ1n) is 6.96.